The van der Waals surface area contributed by atoms with E-state index in [0.717, 1.165) is 19.5 Å². The fourth-order valence-electron chi connectivity index (χ4n) is 1.42. The molecule has 13 heavy (non-hydrogen) atoms. The number of amides is 1. The number of hydrogen-bond donors (Lipinski definition) is 1. The molecule has 1 N–H and O–H groups in total. The van der Waals surface area contributed by atoms with Gasteiger partial charge in [-0.3, -0.25) is 4.79 Å². The van der Waals surface area contributed by atoms with Crippen molar-refractivity contribution in [3.8, 4) is 0 Å². The monoisotopic (exact) mass is 188 g/mol. The van der Waals surface area contributed by atoms with Crippen LogP contribution in [0.4, 0.5) is 4.39 Å². The molecule has 0 aromatic rings. The molecule has 1 saturated heterocycles. The van der Waals surface area contributed by atoms with Crippen molar-refractivity contribution in [3.05, 3.63) is 0 Å². The molecule has 1 heterocycles. The molecule has 0 spiro atoms. The van der Waals surface area contributed by atoms with E-state index in [4.69, 9.17) is 0 Å². The number of nitrogens with one attached hydrogen (secondary N) is 1. The van der Waals surface area contributed by atoms with Gasteiger partial charge in [-0.2, -0.15) is 0 Å². The zero-order chi connectivity index (χ0) is 9.90. The quantitative estimate of drug-likeness (QED) is 0.652. The Morgan fingerprint density at radius 2 is 2.08 bits per heavy atom. The van der Waals surface area contributed by atoms with Gasteiger partial charge in [0.1, 0.15) is 0 Å². The van der Waals surface area contributed by atoms with E-state index in [2.05, 4.69) is 5.32 Å². The average molecular weight is 188 g/mol. The van der Waals surface area contributed by atoms with Gasteiger partial charge in [0.25, 0.3) is 5.91 Å². The smallest absolute Gasteiger partial charge is 0.259 e. The summed E-state index contributed by atoms with van der Waals surface area (Å²) in [5.41, 5.74) is -1.73. The third-order valence-electron chi connectivity index (χ3n) is 2.14. The maximum atomic E-state index is 13.3. The van der Waals surface area contributed by atoms with Crippen LogP contribution in [0.1, 0.15) is 20.3 Å². The van der Waals surface area contributed by atoms with Gasteiger partial charge >= 0.3 is 0 Å². The summed E-state index contributed by atoms with van der Waals surface area (Å²) < 4.78 is 13.3. The van der Waals surface area contributed by atoms with E-state index < -0.39 is 11.6 Å². The van der Waals surface area contributed by atoms with Crippen LogP contribution in [-0.4, -0.2) is 42.7 Å². The molecule has 1 fully saturated rings. The Labute approximate surface area is 78.3 Å². The van der Waals surface area contributed by atoms with Gasteiger partial charge in [-0.15, -0.1) is 0 Å². The van der Waals surface area contributed by atoms with Crippen molar-refractivity contribution >= 4 is 5.91 Å². The minimum atomic E-state index is -1.73. The Kier molecular flexibility index (Phi) is 3.25. The van der Waals surface area contributed by atoms with E-state index in [0.29, 0.717) is 13.1 Å². The molecule has 76 valence electrons. The molecule has 0 atom stereocenters. The largest absolute Gasteiger partial charge is 0.339 e. The van der Waals surface area contributed by atoms with Gasteiger partial charge in [0.15, 0.2) is 5.67 Å². The molecular formula is C9H17FN2O. The number of rotatable bonds is 1. The molecule has 0 aliphatic carbocycles. The Bertz CT molecular complexity index is 181. The highest BCUT2D eigenvalue weighted by atomic mass is 19.1. The van der Waals surface area contributed by atoms with Gasteiger partial charge in [-0.25, -0.2) is 4.39 Å². The topological polar surface area (TPSA) is 32.3 Å². The van der Waals surface area contributed by atoms with Crippen molar-refractivity contribution in [1.82, 2.24) is 10.2 Å². The highest BCUT2D eigenvalue weighted by Crippen LogP contribution is 2.13. The third-order valence-corrected chi connectivity index (χ3v) is 2.14. The van der Waals surface area contributed by atoms with Crippen LogP contribution in [0.15, 0.2) is 0 Å². The lowest BCUT2D eigenvalue weighted by Crippen LogP contribution is -2.44. The second-order valence-electron chi connectivity index (χ2n) is 3.87. The Morgan fingerprint density at radius 3 is 2.69 bits per heavy atom. The molecule has 1 aliphatic heterocycles. The van der Waals surface area contributed by atoms with E-state index in [9.17, 15) is 9.18 Å². The van der Waals surface area contributed by atoms with Crippen LogP contribution in [0.2, 0.25) is 0 Å². The van der Waals surface area contributed by atoms with E-state index in [-0.39, 0.29) is 0 Å². The molecule has 0 saturated carbocycles. The van der Waals surface area contributed by atoms with Gasteiger partial charge in [0.2, 0.25) is 0 Å². The molecule has 0 unspecified atom stereocenters. The highest BCUT2D eigenvalue weighted by Gasteiger charge is 2.31. The predicted octanol–water partition coefficient (Wildman–Crippen LogP) is 0.556. The molecule has 0 radical (unpaired) electrons. The molecule has 4 heteroatoms. The highest BCUT2D eigenvalue weighted by molar-refractivity contribution is 5.84. The first-order valence-corrected chi connectivity index (χ1v) is 4.71. The number of hydrogen-bond acceptors (Lipinski definition) is 2. The summed E-state index contributed by atoms with van der Waals surface area (Å²) in [6.45, 7) is 5.59. The maximum absolute atomic E-state index is 13.3. The number of carbonyl (C=O) groups is 1. The van der Waals surface area contributed by atoms with E-state index in [1.807, 2.05) is 0 Å². The lowest BCUT2D eigenvalue weighted by molar-refractivity contribution is -0.141. The lowest BCUT2D eigenvalue weighted by atomic mass is 10.1. The molecular weight excluding hydrogens is 171 g/mol. The van der Waals surface area contributed by atoms with E-state index in [1.165, 1.54) is 13.8 Å². The lowest BCUT2D eigenvalue weighted by Gasteiger charge is -2.25. The fourth-order valence-corrected chi connectivity index (χ4v) is 1.42. The first kappa shape index (κ1) is 10.4. The van der Waals surface area contributed by atoms with Gasteiger partial charge in [0, 0.05) is 19.6 Å². The van der Waals surface area contributed by atoms with Gasteiger partial charge in [-0.1, -0.05) is 0 Å². The van der Waals surface area contributed by atoms with Gasteiger partial charge in [0.05, 0.1) is 0 Å². The van der Waals surface area contributed by atoms with Crippen molar-refractivity contribution in [2.75, 3.05) is 26.2 Å². The van der Waals surface area contributed by atoms with Crippen LogP contribution >= 0.6 is 0 Å². The average Bonchev–Trinajstić information content (AvgIpc) is 2.28. The van der Waals surface area contributed by atoms with Crippen molar-refractivity contribution < 1.29 is 9.18 Å². The first-order chi connectivity index (χ1) is 6.02. The van der Waals surface area contributed by atoms with Crippen LogP contribution in [0, 0.1) is 0 Å². The predicted molar refractivity (Wildman–Crippen MR) is 49.3 cm³/mol. The van der Waals surface area contributed by atoms with E-state index in [1.54, 1.807) is 4.90 Å². The number of carbonyl (C=O) groups excluding carboxylic acids is 1. The summed E-state index contributed by atoms with van der Waals surface area (Å²) in [6, 6.07) is 0. The first-order valence-electron chi connectivity index (χ1n) is 4.71. The summed E-state index contributed by atoms with van der Waals surface area (Å²) in [5, 5.41) is 3.17. The number of halogens is 1. The van der Waals surface area contributed by atoms with E-state index >= 15 is 0 Å². The minimum Gasteiger partial charge on any atom is -0.339 e. The second kappa shape index (κ2) is 4.05. The molecule has 0 aromatic heterocycles. The number of nitrogens with zero attached hydrogens (tertiary/aromatic N) is 1. The Morgan fingerprint density at radius 1 is 1.38 bits per heavy atom. The van der Waals surface area contributed by atoms with Crippen LogP contribution in [0.3, 0.4) is 0 Å². The summed E-state index contributed by atoms with van der Waals surface area (Å²) in [7, 11) is 0. The fraction of sp³-hybridized carbons (Fsp3) is 0.889. The molecule has 0 bridgehead atoms. The van der Waals surface area contributed by atoms with Crippen LogP contribution < -0.4 is 5.32 Å². The molecule has 3 nitrogen and oxygen atoms in total. The third kappa shape index (κ3) is 2.95. The van der Waals surface area contributed by atoms with Crippen LogP contribution in [-0.2, 0) is 4.79 Å². The van der Waals surface area contributed by atoms with Crippen molar-refractivity contribution in [1.29, 1.82) is 0 Å². The standard InChI is InChI=1S/C9H17FN2O/c1-9(2,10)8(13)12-6-3-4-11-5-7-12/h11H,3-7H2,1-2H3. The summed E-state index contributed by atoms with van der Waals surface area (Å²) in [6.07, 6.45) is 0.905. The van der Waals surface area contributed by atoms with Crippen LogP contribution in [0.25, 0.3) is 0 Å². The second-order valence-corrected chi connectivity index (χ2v) is 3.87. The number of alkyl halides is 1. The summed E-state index contributed by atoms with van der Waals surface area (Å²) in [5.74, 6) is -0.392. The molecule has 1 rings (SSSR count). The molecule has 1 amide bonds. The zero-order valence-electron chi connectivity index (χ0n) is 8.27. The van der Waals surface area contributed by atoms with Crippen LogP contribution in [0.5, 0.6) is 0 Å². The SMILES string of the molecule is CC(C)(F)C(=O)N1CCCNCC1. The zero-order valence-corrected chi connectivity index (χ0v) is 8.27. The van der Waals surface area contributed by atoms with Gasteiger partial charge < -0.3 is 10.2 Å². The van der Waals surface area contributed by atoms with Crippen molar-refractivity contribution in [3.63, 3.8) is 0 Å². The maximum Gasteiger partial charge on any atom is 0.259 e. The van der Waals surface area contributed by atoms with Gasteiger partial charge in [-0.05, 0) is 26.8 Å². The molecule has 0 aromatic carbocycles. The van der Waals surface area contributed by atoms with Crippen molar-refractivity contribution in [2.24, 2.45) is 0 Å². The Balaban J connectivity index is 2.54. The van der Waals surface area contributed by atoms with Crippen molar-refractivity contribution in [2.45, 2.75) is 25.9 Å². The summed E-state index contributed by atoms with van der Waals surface area (Å²) >= 11 is 0. The normalized spacial score (nSPS) is 19.8. The Hall–Kier alpha value is -0.640. The molecule has 1 aliphatic rings. The minimum absolute atomic E-state index is 0.392. The summed E-state index contributed by atoms with van der Waals surface area (Å²) in [4.78, 5) is 13.1.